The summed E-state index contributed by atoms with van der Waals surface area (Å²) in [6, 6.07) is 4.09. The topological polar surface area (TPSA) is 96.9 Å². The largest absolute Gasteiger partial charge is 0.497 e. The van der Waals surface area contributed by atoms with Crippen LogP contribution in [0.3, 0.4) is 0 Å². The zero-order chi connectivity index (χ0) is 15.5. The van der Waals surface area contributed by atoms with Gasteiger partial charge in [-0.05, 0) is 12.1 Å². The van der Waals surface area contributed by atoms with Gasteiger partial charge in [0.05, 0.1) is 24.4 Å². The number of amides is 2. The number of carboxylic acid groups (broad SMARTS) is 1. The van der Waals surface area contributed by atoms with Crippen molar-refractivity contribution in [1.82, 2.24) is 5.32 Å². The summed E-state index contributed by atoms with van der Waals surface area (Å²) in [7, 11) is 1.49. The first kappa shape index (κ1) is 15.4. The third kappa shape index (κ3) is 3.37. The monoisotopic (exact) mass is 314 g/mol. The Morgan fingerprint density at radius 3 is 2.81 bits per heavy atom. The van der Waals surface area contributed by atoms with Gasteiger partial charge in [-0.2, -0.15) is 0 Å². The Hall–Kier alpha value is -1.99. The number of halogens is 1. The highest BCUT2D eigenvalue weighted by molar-refractivity contribution is 6.33. The molecule has 1 aliphatic rings. The fourth-order valence-electron chi connectivity index (χ4n) is 1.98. The second kappa shape index (κ2) is 6.19. The Morgan fingerprint density at radius 1 is 1.48 bits per heavy atom. The summed E-state index contributed by atoms with van der Waals surface area (Å²) in [5.41, 5.74) is -1.08. The number of anilines is 1. The number of ether oxygens (including phenoxy) is 2. The lowest BCUT2D eigenvalue weighted by Crippen LogP contribution is -2.56. The van der Waals surface area contributed by atoms with Crippen LogP contribution >= 0.6 is 11.6 Å². The Labute approximate surface area is 126 Å². The van der Waals surface area contributed by atoms with E-state index in [1.807, 2.05) is 0 Å². The molecule has 0 spiro atoms. The number of nitrogens with one attached hydrogen (secondary N) is 2. The molecule has 3 N–H and O–H groups in total. The maximum absolute atomic E-state index is 12.0. The van der Waals surface area contributed by atoms with Crippen LogP contribution in [0.25, 0.3) is 0 Å². The van der Waals surface area contributed by atoms with E-state index >= 15 is 0 Å². The van der Waals surface area contributed by atoms with Crippen LogP contribution in [0, 0.1) is 0 Å². The molecule has 8 heteroatoms. The summed E-state index contributed by atoms with van der Waals surface area (Å²) in [6.45, 7) is 0.216. The van der Waals surface area contributed by atoms with E-state index in [4.69, 9.17) is 21.1 Å². The van der Waals surface area contributed by atoms with Gasteiger partial charge >= 0.3 is 12.0 Å². The van der Waals surface area contributed by atoms with Crippen LogP contribution in [0.15, 0.2) is 18.2 Å². The zero-order valence-electron chi connectivity index (χ0n) is 11.3. The maximum atomic E-state index is 12.0. The van der Waals surface area contributed by atoms with Gasteiger partial charge in [-0.3, -0.25) is 0 Å². The zero-order valence-corrected chi connectivity index (χ0v) is 12.1. The van der Waals surface area contributed by atoms with Gasteiger partial charge in [0.15, 0.2) is 5.54 Å². The van der Waals surface area contributed by atoms with Crippen molar-refractivity contribution in [2.75, 3.05) is 25.6 Å². The van der Waals surface area contributed by atoms with Gasteiger partial charge in [0, 0.05) is 19.1 Å². The molecule has 1 fully saturated rings. The number of rotatable bonds is 4. The van der Waals surface area contributed by atoms with E-state index in [1.54, 1.807) is 18.2 Å². The number of benzene rings is 1. The molecule has 1 atom stereocenters. The van der Waals surface area contributed by atoms with Gasteiger partial charge in [0.25, 0.3) is 0 Å². The molecule has 2 rings (SSSR count). The molecule has 21 heavy (non-hydrogen) atoms. The second-order valence-electron chi connectivity index (χ2n) is 4.61. The molecule has 7 nitrogen and oxygen atoms in total. The molecule has 1 aromatic carbocycles. The molecule has 0 radical (unpaired) electrons. The van der Waals surface area contributed by atoms with Crippen LogP contribution in [-0.2, 0) is 9.53 Å². The van der Waals surface area contributed by atoms with Crippen molar-refractivity contribution in [3.8, 4) is 5.75 Å². The Balaban J connectivity index is 2.09. The molecular weight excluding hydrogens is 300 g/mol. The van der Waals surface area contributed by atoms with Crippen molar-refractivity contribution in [3.05, 3.63) is 23.2 Å². The standard InChI is InChI=1S/C13H15ClN2O5/c1-20-8-2-3-9(14)10(6-8)15-12(19)16-13(11(17)18)4-5-21-7-13/h2-3,6H,4-5,7H2,1H3,(H,17,18)(H2,15,16,19). The van der Waals surface area contributed by atoms with Gasteiger partial charge in [0.2, 0.25) is 0 Å². The average molecular weight is 315 g/mol. The van der Waals surface area contributed by atoms with Crippen LogP contribution in [0.1, 0.15) is 6.42 Å². The van der Waals surface area contributed by atoms with E-state index in [9.17, 15) is 14.7 Å². The van der Waals surface area contributed by atoms with E-state index in [2.05, 4.69) is 10.6 Å². The molecule has 0 bridgehead atoms. The molecule has 0 aromatic heterocycles. The smallest absolute Gasteiger partial charge is 0.332 e. The molecule has 0 saturated carbocycles. The number of methoxy groups -OCH3 is 1. The summed E-state index contributed by atoms with van der Waals surface area (Å²) < 4.78 is 10.1. The summed E-state index contributed by atoms with van der Waals surface area (Å²) in [5.74, 6) is -0.612. The van der Waals surface area contributed by atoms with E-state index < -0.39 is 17.5 Å². The molecule has 1 heterocycles. The maximum Gasteiger partial charge on any atom is 0.332 e. The predicted octanol–water partition coefficient (Wildman–Crippen LogP) is 1.71. The fourth-order valence-corrected chi connectivity index (χ4v) is 2.15. The summed E-state index contributed by atoms with van der Waals surface area (Å²) >= 11 is 5.97. The highest BCUT2D eigenvalue weighted by Gasteiger charge is 2.44. The first-order valence-corrected chi connectivity index (χ1v) is 6.58. The van der Waals surface area contributed by atoms with Crippen molar-refractivity contribution in [3.63, 3.8) is 0 Å². The summed E-state index contributed by atoms with van der Waals surface area (Å²) in [5, 5.41) is 14.5. The Bertz CT molecular complexity index is 557. The highest BCUT2D eigenvalue weighted by Crippen LogP contribution is 2.27. The first-order chi connectivity index (χ1) is 9.97. The molecule has 114 valence electrons. The molecule has 1 unspecified atom stereocenters. The summed E-state index contributed by atoms with van der Waals surface area (Å²) in [6.07, 6.45) is 0.210. The van der Waals surface area contributed by atoms with Crippen molar-refractivity contribution in [2.24, 2.45) is 0 Å². The molecule has 1 saturated heterocycles. The van der Waals surface area contributed by atoms with Crippen molar-refractivity contribution in [2.45, 2.75) is 12.0 Å². The van der Waals surface area contributed by atoms with Crippen LogP contribution in [0.4, 0.5) is 10.5 Å². The SMILES string of the molecule is COc1ccc(Cl)c(NC(=O)NC2(C(=O)O)CCOC2)c1. The lowest BCUT2D eigenvalue weighted by atomic mass is 9.99. The third-order valence-corrected chi connectivity index (χ3v) is 3.54. The minimum Gasteiger partial charge on any atom is -0.497 e. The highest BCUT2D eigenvalue weighted by atomic mass is 35.5. The lowest BCUT2D eigenvalue weighted by molar-refractivity contribution is -0.144. The van der Waals surface area contributed by atoms with Gasteiger partial charge < -0.3 is 25.2 Å². The van der Waals surface area contributed by atoms with Gasteiger partial charge in [0.1, 0.15) is 5.75 Å². The normalized spacial score (nSPS) is 20.9. The number of hydrogen-bond donors (Lipinski definition) is 3. The van der Waals surface area contributed by atoms with Crippen LogP contribution in [0.2, 0.25) is 5.02 Å². The lowest BCUT2D eigenvalue weighted by Gasteiger charge is -2.24. The molecule has 1 aliphatic heterocycles. The van der Waals surface area contributed by atoms with Crippen LogP contribution in [-0.4, -0.2) is 43.0 Å². The molecular formula is C13H15ClN2O5. The van der Waals surface area contributed by atoms with E-state index in [1.165, 1.54) is 7.11 Å². The minimum atomic E-state index is -1.41. The number of carbonyl (C=O) groups excluding carboxylic acids is 1. The van der Waals surface area contributed by atoms with E-state index in [0.29, 0.717) is 16.5 Å². The van der Waals surface area contributed by atoms with Crippen molar-refractivity contribution < 1.29 is 24.2 Å². The molecule has 0 aliphatic carbocycles. The van der Waals surface area contributed by atoms with E-state index in [0.717, 1.165) is 0 Å². The quantitative estimate of drug-likeness (QED) is 0.786. The first-order valence-electron chi connectivity index (χ1n) is 6.21. The number of aliphatic carboxylic acids is 1. The minimum absolute atomic E-state index is 0.0679. The predicted molar refractivity (Wildman–Crippen MR) is 76.0 cm³/mol. The number of carbonyl (C=O) groups is 2. The second-order valence-corrected chi connectivity index (χ2v) is 5.02. The Morgan fingerprint density at radius 2 is 2.24 bits per heavy atom. The third-order valence-electron chi connectivity index (χ3n) is 3.21. The van der Waals surface area contributed by atoms with E-state index in [-0.39, 0.29) is 19.6 Å². The van der Waals surface area contributed by atoms with Gasteiger partial charge in [-0.15, -0.1) is 0 Å². The molecule has 1 aromatic rings. The number of carboxylic acids is 1. The summed E-state index contributed by atoms with van der Waals surface area (Å²) in [4.78, 5) is 23.3. The van der Waals surface area contributed by atoms with Crippen molar-refractivity contribution >= 4 is 29.3 Å². The van der Waals surface area contributed by atoms with Crippen LogP contribution in [0.5, 0.6) is 5.75 Å². The number of urea groups is 1. The average Bonchev–Trinajstić information content (AvgIpc) is 2.91. The Kier molecular flexibility index (Phi) is 4.54. The van der Waals surface area contributed by atoms with Gasteiger partial charge in [-0.1, -0.05) is 11.6 Å². The van der Waals surface area contributed by atoms with Gasteiger partial charge in [-0.25, -0.2) is 9.59 Å². The van der Waals surface area contributed by atoms with Crippen LogP contribution < -0.4 is 15.4 Å². The van der Waals surface area contributed by atoms with Crippen molar-refractivity contribution in [1.29, 1.82) is 0 Å². The number of hydrogen-bond acceptors (Lipinski definition) is 4. The fraction of sp³-hybridized carbons (Fsp3) is 0.385. The molecule has 2 amide bonds.